The molecule has 0 unspecified atom stereocenters. The first kappa shape index (κ1) is 36.4. The zero-order chi connectivity index (χ0) is 10.3. The SMILES string of the molecule is CC(=O)C(=O)[O-].CC(=O)C(=O)[O-].O.O.O.[Zn+2]. The van der Waals surface area contributed by atoms with E-state index in [2.05, 4.69) is 0 Å². The van der Waals surface area contributed by atoms with Crippen LogP contribution in [0.1, 0.15) is 13.8 Å². The Bertz CT molecular complexity index is 176. The van der Waals surface area contributed by atoms with Crippen molar-refractivity contribution in [3.05, 3.63) is 0 Å². The van der Waals surface area contributed by atoms with Gasteiger partial charge in [-0.3, -0.25) is 9.59 Å². The van der Waals surface area contributed by atoms with E-state index in [1.807, 2.05) is 0 Å². The van der Waals surface area contributed by atoms with E-state index in [1.54, 1.807) is 0 Å². The van der Waals surface area contributed by atoms with E-state index in [9.17, 15) is 29.4 Å². The molecule has 0 fully saturated rings. The third-order valence-corrected chi connectivity index (χ3v) is 0.575. The van der Waals surface area contributed by atoms with Crippen molar-refractivity contribution in [3.8, 4) is 0 Å². The normalized spacial score (nSPS) is 5.62. The van der Waals surface area contributed by atoms with Gasteiger partial charge in [0.15, 0.2) is 11.6 Å². The fourth-order valence-electron chi connectivity index (χ4n) is 0. The maximum atomic E-state index is 9.48. The second-order valence-electron chi connectivity index (χ2n) is 1.69. The van der Waals surface area contributed by atoms with E-state index in [1.165, 1.54) is 0 Å². The van der Waals surface area contributed by atoms with Gasteiger partial charge in [0.25, 0.3) is 0 Å². The van der Waals surface area contributed by atoms with Gasteiger partial charge in [0.05, 0.1) is 0 Å². The number of aliphatic carboxylic acids is 2. The van der Waals surface area contributed by atoms with Crippen molar-refractivity contribution in [3.63, 3.8) is 0 Å². The van der Waals surface area contributed by atoms with Crippen molar-refractivity contribution in [2.45, 2.75) is 13.8 Å². The summed E-state index contributed by atoms with van der Waals surface area (Å²) in [4.78, 5) is 37.4. The van der Waals surface area contributed by atoms with Crippen LogP contribution < -0.4 is 10.2 Å². The molecule has 10 heteroatoms. The largest absolute Gasteiger partial charge is 2.00 e. The molecule has 0 atom stereocenters. The van der Waals surface area contributed by atoms with Crippen LogP contribution in [0.3, 0.4) is 0 Å². The smallest absolute Gasteiger partial charge is 0.542 e. The minimum Gasteiger partial charge on any atom is -0.542 e. The van der Waals surface area contributed by atoms with Crippen LogP contribution in [0.15, 0.2) is 0 Å². The zero-order valence-electron chi connectivity index (χ0n) is 8.66. The molecule has 0 heterocycles. The molecule has 0 aliphatic rings. The van der Waals surface area contributed by atoms with Crippen molar-refractivity contribution in [1.29, 1.82) is 0 Å². The maximum Gasteiger partial charge on any atom is 2.00 e. The van der Waals surface area contributed by atoms with Gasteiger partial charge in [0.1, 0.15) is 11.9 Å². The Hall–Kier alpha value is -1.22. The van der Waals surface area contributed by atoms with E-state index in [-0.39, 0.29) is 35.9 Å². The van der Waals surface area contributed by atoms with Gasteiger partial charge in [-0.2, -0.15) is 0 Å². The Balaban J connectivity index is -0.0000000250. The summed E-state index contributed by atoms with van der Waals surface area (Å²) in [5, 5.41) is 18.5. The predicted octanol–water partition coefficient (Wildman–Crippen LogP) is -5.83. The molecule has 0 spiro atoms. The molecule has 6 N–H and O–H groups in total. The molecule has 0 rings (SSSR count). The van der Waals surface area contributed by atoms with Gasteiger partial charge in [-0.25, -0.2) is 0 Å². The van der Waals surface area contributed by atoms with Crippen LogP contribution in [0.25, 0.3) is 0 Å². The van der Waals surface area contributed by atoms with Crippen LogP contribution >= 0.6 is 0 Å². The van der Waals surface area contributed by atoms with Crippen LogP contribution in [0.2, 0.25) is 0 Å². The van der Waals surface area contributed by atoms with Gasteiger partial charge in [0.2, 0.25) is 0 Å². The van der Waals surface area contributed by atoms with Crippen LogP contribution in [0.5, 0.6) is 0 Å². The average Bonchev–Trinajstić information content (AvgIpc) is 1.88. The average molecular weight is 294 g/mol. The molecule has 0 aliphatic carbocycles. The van der Waals surface area contributed by atoms with Gasteiger partial charge in [-0.15, -0.1) is 0 Å². The van der Waals surface area contributed by atoms with Gasteiger partial charge < -0.3 is 36.2 Å². The standard InChI is InChI=1S/2C3H4O3.3H2O.Zn/c2*1-2(4)3(5)6;;;;/h2*1H3,(H,5,6);3*1H2;/q;;;;;+2/p-2. The second kappa shape index (κ2) is 19.4. The Kier molecular flexibility index (Phi) is 44.1. The molecule has 0 saturated heterocycles. The van der Waals surface area contributed by atoms with Gasteiger partial charge in [-0.05, 0) is 0 Å². The van der Waals surface area contributed by atoms with Crippen LogP contribution in [-0.2, 0) is 38.7 Å². The Labute approximate surface area is 103 Å². The summed E-state index contributed by atoms with van der Waals surface area (Å²) in [6.07, 6.45) is 0. The Morgan fingerprint density at radius 2 is 0.750 bits per heavy atom. The monoisotopic (exact) mass is 292 g/mol. The first-order valence-corrected chi connectivity index (χ1v) is 2.72. The number of carboxylic acid groups (broad SMARTS) is 2. The molecule has 0 aromatic heterocycles. The number of ketones is 2. The van der Waals surface area contributed by atoms with Crippen molar-refractivity contribution in [1.82, 2.24) is 0 Å². The third kappa shape index (κ3) is 38.6. The molecule has 9 nitrogen and oxygen atoms in total. The zero-order valence-corrected chi connectivity index (χ0v) is 11.6. The van der Waals surface area contributed by atoms with E-state index >= 15 is 0 Å². The van der Waals surface area contributed by atoms with Gasteiger partial charge >= 0.3 is 19.5 Å². The summed E-state index contributed by atoms with van der Waals surface area (Å²) >= 11 is 0. The van der Waals surface area contributed by atoms with Crippen molar-refractivity contribution in [2.24, 2.45) is 0 Å². The Morgan fingerprint density at radius 3 is 0.750 bits per heavy atom. The summed E-state index contributed by atoms with van der Waals surface area (Å²) in [7, 11) is 0. The molecule has 0 saturated carbocycles. The third-order valence-electron chi connectivity index (χ3n) is 0.575. The molecular weight excluding hydrogens is 281 g/mol. The van der Waals surface area contributed by atoms with E-state index < -0.39 is 23.5 Å². The predicted molar refractivity (Wildman–Crippen MR) is 42.2 cm³/mol. The number of carboxylic acids is 2. The maximum absolute atomic E-state index is 9.48. The number of carbonyl (C=O) groups excluding carboxylic acids is 4. The molecule has 0 aromatic carbocycles. The number of hydrogen-bond donors (Lipinski definition) is 0. The fraction of sp³-hybridized carbons (Fsp3) is 0.333. The summed E-state index contributed by atoms with van der Waals surface area (Å²) in [5.41, 5.74) is 0. The molecule has 0 bridgehead atoms. The molecular formula is C6H12O9Zn. The molecule has 16 heavy (non-hydrogen) atoms. The van der Waals surface area contributed by atoms with Crippen LogP contribution in [0, 0.1) is 0 Å². The quantitative estimate of drug-likeness (QED) is 0.357. The second-order valence-corrected chi connectivity index (χ2v) is 1.69. The van der Waals surface area contributed by atoms with E-state index in [4.69, 9.17) is 0 Å². The molecule has 0 aromatic rings. The van der Waals surface area contributed by atoms with Crippen molar-refractivity contribution < 1.29 is 65.3 Å². The van der Waals surface area contributed by atoms with Crippen LogP contribution in [-0.4, -0.2) is 39.9 Å². The fourth-order valence-corrected chi connectivity index (χ4v) is 0. The number of rotatable bonds is 2. The summed E-state index contributed by atoms with van der Waals surface area (Å²) in [6, 6.07) is 0. The van der Waals surface area contributed by atoms with Crippen molar-refractivity contribution in [2.75, 3.05) is 0 Å². The van der Waals surface area contributed by atoms with E-state index in [0.717, 1.165) is 13.8 Å². The first-order chi connectivity index (χ1) is 5.29. The topological polar surface area (TPSA) is 209 Å². The molecule has 0 amide bonds. The molecule has 0 aliphatic heterocycles. The number of Topliss-reactive ketones (excluding diaryl/α,β-unsaturated/α-hetero) is 2. The first-order valence-electron chi connectivity index (χ1n) is 2.72. The Morgan fingerprint density at radius 1 is 0.688 bits per heavy atom. The van der Waals surface area contributed by atoms with Crippen LogP contribution in [0.4, 0.5) is 0 Å². The summed E-state index contributed by atoms with van der Waals surface area (Å²) in [5.74, 6) is -5.13. The van der Waals surface area contributed by atoms with Gasteiger partial charge in [0, 0.05) is 13.8 Å². The minimum atomic E-state index is -1.63. The summed E-state index contributed by atoms with van der Waals surface area (Å²) < 4.78 is 0. The molecule has 92 valence electrons. The molecule has 0 radical (unpaired) electrons. The van der Waals surface area contributed by atoms with E-state index in [0.29, 0.717) is 0 Å². The number of carbonyl (C=O) groups is 4. The summed E-state index contributed by atoms with van der Waals surface area (Å²) in [6.45, 7) is 1.88. The number of hydrogen-bond acceptors (Lipinski definition) is 6. The van der Waals surface area contributed by atoms with Crippen molar-refractivity contribution >= 4 is 23.5 Å². The minimum absolute atomic E-state index is 0. The van der Waals surface area contributed by atoms with Gasteiger partial charge in [-0.1, -0.05) is 0 Å².